The molecule has 0 aliphatic carbocycles. The predicted octanol–water partition coefficient (Wildman–Crippen LogP) is 2.35. The lowest BCUT2D eigenvalue weighted by atomic mass is 10.1. The Morgan fingerprint density at radius 3 is 2.62 bits per heavy atom. The Kier molecular flexibility index (Phi) is 4.02. The summed E-state index contributed by atoms with van der Waals surface area (Å²) in [6.07, 6.45) is 0. The first-order valence-corrected chi connectivity index (χ1v) is 6.13. The van der Waals surface area contributed by atoms with Gasteiger partial charge in [-0.25, -0.2) is 9.18 Å². The van der Waals surface area contributed by atoms with Crippen molar-refractivity contribution in [1.29, 1.82) is 0 Å². The molecular weight excluding hydrogens is 279 g/mol. The van der Waals surface area contributed by atoms with Crippen molar-refractivity contribution in [2.45, 2.75) is 13.0 Å². The lowest BCUT2D eigenvalue weighted by Gasteiger charge is -2.24. The second-order valence-electron chi connectivity index (χ2n) is 4.50. The van der Waals surface area contributed by atoms with Crippen LogP contribution in [0.5, 0.6) is 0 Å². The Morgan fingerprint density at radius 1 is 1.38 bits per heavy atom. The fraction of sp³-hybridized carbons (Fsp3) is 0.214. The first-order valence-electron chi connectivity index (χ1n) is 6.13. The summed E-state index contributed by atoms with van der Waals surface area (Å²) in [4.78, 5) is 24.2. The maximum atomic E-state index is 13.7. The molecule has 0 saturated carbocycles. The molecule has 2 rings (SSSR count). The lowest BCUT2D eigenvalue weighted by Crippen LogP contribution is -2.30. The normalized spacial score (nSPS) is 12.0. The molecular formula is C14H13FN2O4. The van der Waals surface area contributed by atoms with Crippen LogP contribution in [0.3, 0.4) is 0 Å². The van der Waals surface area contributed by atoms with E-state index in [-0.39, 0.29) is 5.69 Å². The van der Waals surface area contributed by atoms with E-state index in [4.69, 9.17) is 5.11 Å². The maximum absolute atomic E-state index is 13.7. The molecule has 0 saturated heterocycles. The largest absolute Gasteiger partial charge is 0.475 e. The number of carboxylic acids is 1. The number of benzene rings is 1. The number of aromatic carboxylic acids is 1. The van der Waals surface area contributed by atoms with E-state index in [0.717, 1.165) is 6.07 Å². The smallest absolute Gasteiger partial charge is 0.374 e. The van der Waals surface area contributed by atoms with Crippen LogP contribution in [0.2, 0.25) is 0 Å². The Morgan fingerprint density at radius 2 is 2.05 bits per heavy atom. The highest BCUT2D eigenvalue weighted by Crippen LogP contribution is 2.23. The molecule has 1 aromatic carbocycles. The van der Waals surface area contributed by atoms with E-state index in [1.807, 2.05) is 0 Å². The van der Waals surface area contributed by atoms with E-state index in [9.17, 15) is 14.0 Å². The molecule has 0 spiro atoms. The van der Waals surface area contributed by atoms with Crippen molar-refractivity contribution in [2.24, 2.45) is 0 Å². The minimum absolute atomic E-state index is 0.141. The summed E-state index contributed by atoms with van der Waals surface area (Å²) < 4.78 is 18.3. The quantitative estimate of drug-likeness (QED) is 0.935. The van der Waals surface area contributed by atoms with Crippen molar-refractivity contribution >= 4 is 11.9 Å². The summed E-state index contributed by atoms with van der Waals surface area (Å²) in [6, 6.07) is 6.62. The number of hydrogen-bond donors (Lipinski definition) is 1. The topological polar surface area (TPSA) is 83.6 Å². The second kappa shape index (κ2) is 5.74. The Hall–Kier alpha value is -2.70. The van der Waals surface area contributed by atoms with Gasteiger partial charge in [0.15, 0.2) is 5.69 Å². The minimum Gasteiger partial charge on any atom is -0.475 e. The van der Waals surface area contributed by atoms with Gasteiger partial charge in [-0.3, -0.25) is 4.79 Å². The molecule has 1 unspecified atom stereocenters. The average molecular weight is 292 g/mol. The number of amides is 1. The third-order valence-electron chi connectivity index (χ3n) is 3.20. The number of aromatic nitrogens is 1. The van der Waals surface area contributed by atoms with Crippen LogP contribution in [-0.4, -0.2) is 34.1 Å². The number of nitrogens with zero attached hydrogens (tertiary/aromatic N) is 2. The molecule has 0 bridgehead atoms. The molecule has 1 amide bonds. The first-order chi connectivity index (χ1) is 9.91. The van der Waals surface area contributed by atoms with Gasteiger partial charge >= 0.3 is 5.97 Å². The molecule has 1 heterocycles. The van der Waals surface area contributed by atoms with Crippen LogP contribution in [-0.2, 0) is 0 Å². The lowest BCUT2D eigenvalue weighted by molar-refractivity contribution is 0.0647. The highest BCUT2D eigenvalue weighted by Gasteiger charge is 2.24. The van der Waals surface area contributed by atoms with E-state index in [0.29, 0.717) is 5.56 Å². The number of rotatable bonds is 4. The van der Waals surface area contributed by atoms with Crippen LogP contribution in [0.4, 0.5) is 4.39 Å². The zero-order valence-electron chi connectivity index (χ0n) is 11.4. The third kappa shape index (κ3) is 2.91. The SMILES string of the molecule is CC(c1ccccc1F)N(C)C(=O)c1cc(C(=O)O)on1. The summed E-state index contributed by atoms with van der Waals surface area (Å²) in [7, 11) is 1.48. The summed E-state index contributed by atoms with van der Waals surface area (Å²) in [6.45, 7) is 1.66. The molecule has 21 heavy (non-hydrogen) atoms. The van der Waals surface area contributed by atoms with Crippen molar-refractivity contribution in [2.75, 3.05) is 7.05 Å². The summed E-state index contributed by atoms with van der Waals surface area (Å²) in [5, 5.41) is 12.2. The van der Waals surface area contributed by atoms with Gasteiger partial charge in [-0.1, -0.05) is 23.4 Å². The van der Waals surface area contributed by atoms with E-state index in [2.05, 4.69) is 9.68 Å². The number of hydrogen-bond acceptors (Lipinski definition) is 4. The molecule has 1 N–H and O–H groups in total. The molecule has 1 aromatic heterocycles. The number of carboxylic acid groups (broad SMARTS) is 1. The summed E-state index contributed by atoms with van der Waals surface area (Å²) in [5.74, 6) is -2.71. The van der Waals surface area contributed by atoms with Crippen molar-refractivity contribution < 1.29 is 23.6 Å². The maximum Gasteiger partial charge on any atom is 0.374 e. The fourth-order valence-corrected chi connectivity index (χ4v) is 1.86. The van der Waals surface area contributed by atoms with Crippen molar-refractivity contribution in [3.05, 3.63) is 53.2 Å². The van der Waals surface area contributed by atoms with Gasteiger partial charge in [0.05, 0.1) is 6.04 Å². The van der Waals surface area contributed by atoms with E-state index < -0.39 is 29.5 Å². The fourth-order valence-electron chi connectivity index (χ4n) is 1.86. The Balaban J connectivity index is 2.22. The highest BCUT2D eigenvalue weighted by molar-refractivity contribution is 5.94. The highest BCUT2D eigenvalue weighted by atomic mass is 19.1. The number of halogens is 1. The zero-order valence-corrected chi connectivity index (χ0v) is 11.4. The van der Waals surface area contributed by atoms with Gasteiger partial charge in [-0.15, -0.1) is 0 Å². The standard InChI is InChI=1S/C14H13FN2O4/c1-8(9-5-3-4-6-10(9)15)17(2)13(18)11-7-12(14(19)20)21-16-11/h3-8H,1-2H3,(H,19,20). The molecule has 7 heteroatoms. The number of carbonyl (C=O) groups is 2. The van der Waals surface area contributed by atoms with Crippen molar-refractivity contribution in [3.63, 3.8) is 0 Å². The first kappa shape index (κ1) is 14.7. The Bertz CT molecular complexity index is 683. The van der Waals surface area contributed by atoms with Crippen LogP contribution in [0.15, 0.2) is 34.9 Å². The van der Waals surface area contributed by atoms with E-state index in [1.54, 1.807) is 25.1 Å². The molecule has 0 aliphatic heterocycles. The predicted molar refractivity (Wildman–Crippen MR) is 70.4 cm³/mol. The van der Waals surface area contributed by atoms with Crippen LogP contribution in [0.1, 0.15) is 39.6 Å². The molecule has 0 radical (unpaired) electrons. The van der Waals surface area contributed by atoms with Gasteiger partial charge in [0.25, 0.3) is 5.91 Å². The summed E-state index contributed by atoms with van der Waals surface area (Å²) in [5.41, 5.74) is 0.216. The van der Waals surface area contributed by atoms with Gasteiger partial charge in [0.1, 0.15) is 5.82 Å². The third-order valence-corrected chi connectivity index (χ3v) is 3.20. The second-order valence-corrected chi connectivity index (χ2v) is 4.50. The number of carbonyl (C=O) groups excluding carboxylic acids is 1. The van der Waals surface area contributed by atoms with Crippen LogP contribution in [0, 0.1) is 5.82 Å². The molecule has 0 aliphatic rings. The Labute approximate surface area is 119 Å². The minimum atomic E-state index is -1.31. The van der Waals surface area contributed by atoms with Crippen molar-refractivity contribution in [3.8, 4) is 0 Å². The molecule has 1 atom stereocenters. The van der Waals surface area contributed by atoms with Gasteiger partial charge in [-0.2, -0.15) is 0 Å². The molecule has 110 valence electrons. The summed E-state index contributed by atoms with van der Waals surface area (Å²) >= 11 is 0. The monoisotopic (exact) mass is 292 g/mol. The average Bonchev–Trinajstić information content (AvgIpc) is 2.95. The molecule has 6 nitrogen and oxygen atoms in total. The van der Waals surface area contributed by atoms with Crippen LogP contribution >= 0.6 is 0 Å². The van der Waals surface area contributed by atoms with E-state index >= 15 is 0 Å². The van der Waals surface area contributed by atoms with Gasteiger partial charge in [0, 0.05) is 18.7 Å². The van der Waals surface area contributed by atoms with E-state index in [1.165, 1.54) is 18.0 Å². The van der Waals surface area contributed by atoms with Gasteiger partial charge in [-0.05, 0) is 13.0 Å². The molecule has 2 aromatic rings. The van der Waals surface area contributed by atoms with Crippen molar-refractivity contribution in [1.82, 2.24) is 10.1 Å². The van der Waals surface area contributed by atoms with Crippen LogP contribution in [0.25, 0.3) is 0 Å². The zero-order chi connectivity index (χ0) is 15.6. The van der Waals surface area contributed by atoms with Gasteiger partial charge < -0.3 is 14.5 Å². The van der Waals surface area contributed by atoms with Crippen LogP contribution < -0.4 is 0 Å². The molecule has 0 fully saturated rings. The van der Waals surface area contributed by atoms with Gasteiger partial charge in [0.2, 0.25) is 5.76 Å².